The van der Waals surface area contributed by atoms with Crippen molar-refractivity contribution in [3.05, 3.63) is 33.9 Å². The van der Waals surface area contributed by atoms with Crippen molar-refractivity contribution in [3.8, 4) is 0 Å². The fourth-order valence-electron chi connectivity index (χ4n) is 3.42. The van der Waals surface area contributed by atoms with Gasteiger partial charge in [0, 0.05) is 23.4 Å². The third-order valence-electron chi connectivity index (χ3n) is 4.16. The summed E-state index contributed by atoms with van der Waals surface area (Å²) in [6.45, 7) is 7.11. The number of anilines is 1. The van der Waals surface area contributed by atoms with Gasteiger partial charge in [0.15, 0.2) is 0 Å². The summed E-state index contributed by atoms with van der Waals surface area (Å²) >= 11 is 0. The largest absolute Gasteiger partial charge is 0.398 e. The number of hydrogen-bond acceptors (Lipinski definition) is 4. The van der Waals surface area contributed by atoms with Gasteiger partial charge in [-0.15, -0.1) is 0 Å². The van der Waals surface area contributed by atoms with Gasteiger partial charge >= 0.3 is 0 Å². The van der Waals surface area contributed by atoms with Gasteiger partial charge < -0.3 is 10.5 Å². The Labute approximate surface area is 125 Å². The molecule has 1 saturated carbocycles. The molecular weight excluding hydrogens is 268 g/mol. The predicted molar refractivity (Wildman–Crippen MR) is 82.9 cm³/mol. The van der Waals surface area contributed by atoms with Crippen molar-refractivity contribution in [1.82, 2.24) is 0 Å². The smallest absolute Gasteiger partial charge is 0.269 e. The minimum absolute atomic E-state index is 0.0557. The van der Waals surface area contributed by atoms with E-state index in [1.54, 1.807) is 6.07 Å². The number of hydrogen-bond donors (Lipinski definition) is 1. The summed E-state index contributed by atoms with van der Waals surface area (Å²) in [5, 5.41) is 10.8. The first-order valence-corrected chi connectivity index (χ1v) is 7.41. The van der Waals surface area contributed by atoms with E-state index in [1.807, 2.05) is 0 Å². The zero-order valence-corrected chi connectivity index (χ0v) is 13.0. The molecule has 2 rings (SSSR count). The van der Waals surface area contributed by atoms with E-state index in [4.69, 9.17) is 10.5 Å². The van der Waals surface area contributed by atoms with Gasteiger partial charge in [-0.05, 0) is 36.7 Å². The third kappa shape index (κ3) is 4.17. The molecule has 0 spiro atoms. The lowest BCUT2D eigenvalue weighted by Crippen LogP contribution is -2.32. The van der Waals surface area contributed by atoms with Crippen LogP contribution < -0.4 is 5.73 Å². The topological polar surface area (TPSA) is 78.4 Å². The van der Waals surface area contributed by atoms with Crippen molar-refractivity contribution in [2.24, 2.45) is 11.3 Å². The molecule has 1 aromatic carbocycles. The molecule has 0 heterocycles. The van der Waals surface area contributed by atoms with Gasteiger partial charge in [-0.25, -0.2) is 0 Å². The van der Waals surface area contributed by atoms with Gasteiger partial charge in [0.25, 0.3) is 5.69 Å². The van der Waals surface area contributed by atoms with E-state index in [1.165, 1.54) is 18.6 Å². The number of nitrogens with zero attached hydrogens (tertiary/aromatic N) is 1. The van der Waals surface area contributed by atoms with Crippen molar-refractivity contribution in [2.75, 3.05) is 5.73 Å². The summed E-state index contributed by atoms with van der Waals surface area (Å²) in [4.78, 5) is 10.4. The van der Waals surface area contributed by atoms with Crippen molar-refractivity contribution >= 4 is 11.4 Å². The van der Waals surface area contributed by atoms with Crippen LogP contribution in [0.5, 0.6) is 0 Å². The molecule has 21 heavy (non-hydrogen) atoms. The molecule has 0 aliphatic heterocycles. The van der Waals surface area contributed by atoms with E-state index in [0.717, 1.165) is 12.8 Å². The number of nitro groups is 1. The molecule has 0 amide bonds. The van der Waals surface area contributed by atoms with Crippen LogP contribution in [0, 0.1) is 21.4 Å². The van der Waals surface area contributed by atoms with Crippen LogP contribution in [0.4, 0.5) is 11.4 Å². The molecule has 0 aromatic heterocycles. The molecule has 1 fully saturated rings. The first kappa shape index (κ1) is 15.8. The lowest BCUT2D eigenvalue weighted by atomic mass is 9.71. The van der Waals surface area contributed by atoms with E-state index in [-0.39, 0.29) is 17.2 Å². The van der Waals surface area contributed by atoms with Crippen LogP contribution in [0.15, 0.2) is 18.2 Å². The predicted octanol–water partition coefficient (Wildman–Crippen LogP) is 3.91. The first-order chi connectivity index (χ1) is 9.77. The molecule has 5 heteroatoms. The van der Waals surface area contributed by atoms with Gasteiger partial charge in [0.2, 0.25) is 0 Å². The average molecular weight is 292 g/mol. The Bertz CT molecular complexity index is 528. The molecule has 5 nitrogen and oxygen atoms in total. The average Bonchev–Trinajstić information content (AvgIpc) is 2.35. The molecule has 0 bridgehead atoms. The molecule has 1 aromatic rings. The lowest BCUT2D eigenvalue weighted by molar-refractivity contribution is -0.384. The molecule has 2 N–H and O–H groups in total. The first-order valence-electron chi connectivity index (χ1n) is 7.41. The zero-order valence-electron chi connectivity index (χ0n) is 13.0. The third-order valence-corrected chi connectivity index (χ3v) is 4.16. The van der Waals surface area contributed by atoms with Crippen LogP contribution in [-0.2, 0) is 11.3 Å². The van der Waals surface area contributed by atoms with Crippen LogP contribution >= 0.6 is 0 Å². The molecule has 116 valence electrons. The Morgan fingerprint density at radius 3 is 2.76 bits per heavy atom. The van der Waals surface area contributed by atoms with Gasteiger partial charge in [-0.3, -0.25) is 10.1 Å². The van der Waals surface area contributed by atoms with Crippen LogP contribution in [0.2, 0.25) is 0 Å². The molecule has 1 aliphatic carbocycles. The Hall–Kier alpha value is -1.62. The summed E-state index contributed by atoms with van der Waals surface area (Å²) in [5.41, 5.74) is 7.47. The summed E-state index contributed by atoms with van der Waals surface area (Å²) in [7, 11) is 0. The maximum absolute atomic E-state index is 10.8. The molecule has 2 atom stereocenters. The normalized spacial score (nSPS) is 24.7. The fourth-order valence-corrected chi connectivity index (χ4v) is 3.42. The quantitative estimate of drug-likeness (QED) is 0.518. The molecule has 0 saturated heterocycles. The van der Waals surface area contributed by atoms with Crippen LogP contribution in [0.1, 0.15) is 45.6 Å². The Morgan fingerprint density at radius 1 is 1.43 bits per heavy atom. The number of ether oxygens (including phenoxy) is 1. The van der Waals surface area contributed by atoms with Gasteiger partial charge in [0.05, 0.1) is 17.6 Å². The summed E-state index contributed by atoms with van der Waals surface area (Å²) in [5.74, 6) is 0.640. The van der Waals surface area contributed by atoms with E-state index in [2.05, 4.69) is 20.8 Å². The zero-order chi connectivity index (χ0) is 15.6. The Kier molecular flexibility index (Phi) is 4.52. The minimum Gasteiger partial charge on any atom is -0.398 e. The van der Waals surface area contributed by atoms with E-state index in [9.17, 15) is 10.1 Å². The number of nitro benzene ring substituents is 1. The highest BCUT2D eigenvalue weighted by atomic mass is 16.6. The maximum Gasteiger partial charge on any atom is 0.269 e. The van der Waals surface area contributed by atoms with Gasteiger partial charge in [-0.2, -0.15) is 0 Å². The second kappa shape index (κ2) is 6.02. The molecule has 1 aliphatic rings. The molecule has 0 radical (unpaired) electrons. The van der Waals surface area contributed by atoms with Gasteiger partial charge in [-0.1, -0.05) is 20.8 Å². The summed E-state index contributed by atoms with van der Waals surface area (Å²) < 4.78 is 5.99. The van der Waals surface area contributed by atoms with Crippen LogP contribution in [-0.4, -0.2) is 11.0 Å². The van der Waals surface area contributed by atoms with Crippen LogP contribution in [0.3, 0.4) is 0 Å². The van der Waals surface area contributed by atoms with E-state index in [0.29, 0.717) is 23.8 Å². The van der Waals surface area contributed by atoms with Crippen LogP contribution in [0.25, 0.3) is 0 Å². The monoisotopic (exact) mass is 292 g/mol. The Balaban J connectivity index is 2.02. The van der Waals surface area contributed by atoms with Crippen molar-refractivity contribution < 1.29 is 9.66 Å². The highest BCUT2D eigenvalue weighted by Gasteiger charge is 2.32. The number of rotatable bonds is 4. The van der Waals surface area contributed by atoms with Gasteiger partial charge in [0.1, 0.15) is 0 Å². The second-order valence-corrected chi connectivity index (χ2v) is 6.99. The van der Waals surface area contributed by atoms with E-state index < -0.39 is 4.92 Å². The highest BCUT2D eigenvalue weighted by molar-refractivity contribution is 5.52. The SMILES string of the molecule is CC1CC(OCc2cc([N+](=O)[O-])ccc2N)CC(C)(C)C1. The minimum atomic E-state index is -0.408. The summed E-state index contributed by atoms with van der Waals surface area (Å²) in [6.07, 6.45) is 3.47. The lowest BCUT2D eigenvalue weighted by Gasteiger charge is -2.38. The van der Waals surface area contributed by atoms with E-state index >= 15 is 0 Å². The Morgan fingerprint density at radius 2 is 2.14 bits per heavy atom. The summed E-state index contributed by atoms with van der Waals surface area (Å²) in [6, 6.07) is 4.50. The standard InChI is InChI=1S/C16H24N2O3/c1-11-6-14(9-16(2,3)8-11)21-10-12-7-13(18(19)20)4-5-15(12)17/h4-5,7,11,14H,6,8-10,17H2,1-3H3. The number of nitrogens with two attached hydrogens (primary N) is 1. The molecular formula is C16H24N2O3. The number of benzene rings is 1. The second-order valence-electron chi connectivity index (χ2n) is 6.99. The number of nitrogen functional groups attached to an aromatic ring is 1. The van der Waals surface area contributed by atoms with Crippen molar-refractivity contribution in [2.45, 2.75) is 52.7 Å². The highest BCUT2D eigenvalue weighted by Crippen LogP contribution is 2.40. The number of non-ortho nitro benzene ring substituents is 1. The fraction of sp³-hybridized carbons (Fsp3) is 0.625. The van der Waals surface area contributed by atoms with Crippen molar-refractivity contribution in [3.63, 3.8) is 0 Å². The van der Waals surface area contributed by atoms with Crippen molar-refractivity contribution in [1.29, 1.82) is 0 Å². The maximum atomic E-state index is 10.8. The molecule has 2 unspecified atom stereocenters.